The number of hydrogen-bond donors (Lipinski definition) is 1. The maximum atomic E-state index is 11.8. The van der Waals surface area contributed by atoms with Crippen molar-refractivity contribution in [2.45, 2.75) is 45.8 Å². The maximum Gasteiger partial charge on any atom is 0.197 e. The average molecular weight is 210 g/mol. The Labute approximate surface area is 89.9 Å². The fourth-order valence-electron chi connectivity index (χ4n) is 1.30. The number of nitrogens with zero attached hydrogens (tertiary/aromatic N) is 2. The number of ketones is 1. The van der Waals surface area contributed by atoms with Crippen molar-refractivity contribution in [2.75, 3.05) is 0 Å². The third-order valence-electron chi connectivity index (χ3n) is 2.53. The maximum absolute atomic E-state index is 11.8. The zero-order valence-electron chi connectivity index (χ0n) is 9.53. The van der Waals surface area contributed by atoms with Crippen LogP contribution in [0.15, 0.2) is 12.4 Å². The summed E-state index contributed by atoms with van der Waals surface area (Å²) >= 11 is 0. The molecule has 0 saturated carbocycles. The number of aromatic nitrogens is 2. The second kappa shape index (κ2) is 4.57. The lowest BCUT2D eigenvalue weighted by molar-refractivity contribution is 0.0390. The highest BCUT2D eigenvalue weighted by molar-refractivity contribution is 6.01. The van der Waals surface area contributed by atoms with Gasteiger partial charge in [0.05, 0.1) is 11.8 Å². The first-order valence-corrected chi connectivity index (χ1v) is 5.31. The fraction of sp³-hybridized carbons (Fsp3) is 0.636. The van der Waals surface area contributed by atoms with Crippen LogP contribution in [0.1, 0.15) is 44.0 Å². The molecule has 1 rings (SSSR count). The van der Waals surface area contributed by atoms with Gasteiger partial charge >= 0.3 is 0 Å². The van der Waals surface area contributed by atoms with Gasteiger partial charge in [-0.15, -0.1) is 0 Å². The van der Waals surface area contributed by atoms with Crippen LogP contribution in [0, 0.1) is 0 Å². The molecule has 0 amide bonds. The second-order valence-electron chi connectivity index (χ2n) is 3.95. The summed E-state index contributed by atoms with van der Waals surface area (Å²) in [5.41, 5.74) is -0.796. The van der Waals surface area contributed by atoms with Crippen molar-refractivity contribution >= 4 is 5.78 Å². The minimum absolute atomic E-state index is 0.257. The summed E-state index contributed by atoms with van der Waals surface area (Å²) in [5.74, 6) is -0.257. The van der Waals surface area contributed by atoms with Gasteiger partial charge in [-0.3, -0.25) is 9.48 Å². The monoisotopic (exact) mass is 210 g/mol. The molecule has 0 aliphatic heterocycles. The molecule has 1 N–H and O–H groups in total. The molecule has 1 atom stereocenters. The molecule has 4 nitrogen and oxygen atoms in total. The third-order valence-corrected chi connectivity index (χ3v) is 2.53. The molecule has 0 bridgehead atoms. The largest absolute Gasteiger partial charge is 0.382 e. The van der Waals surface area contributed by atoms with Gasteiger partial charge < -0.3 is 5.11 Å². The van der Waals surface area contributed by atoms with Crippen molar-refractivity contribution in [1.82, 2.24) is 9.78 Å². The van der Waals surface area contributed by atoms with E-state index in [-0.39, 0.29) is 5.78 Å². The quantitative estimate of drug-likeness (QED) is 0.751. The van der Waals surface area contributed by atoms with E-state index in [1.165, 1.54) is 13.1 Å². The van der Waals surface area contributed by atoms with Gasteiger partial charge in [0, 0.05) is 12.7 Å². The van der Waals surface area contributed by atoms with Crippen LogP contribution < -0.4 is 0 Å². The van der Waals surface area contributed by atoms with E-state index in [9.17, 15) is 9.90 Å². The van der Waals surface area contributed by atoms with Crippen molar-refractivity contribution in [1.29, 1.82) is 0 Å². The normalized spacial score (nSPS) is 14.9. The number of aryl methyl sites for hydroxylation is 1. The van der Waals surface area contributed by atoms with E-state index in [1.54, 1.807) is 17.8 Å². The molecule has 0 fully saturated rings. The van der Waals surface area contributed by atoms with Crippen LogP contribution in [0.3, 0.4) is 0 Å². The van der Waals surface area contributed by atoms with Crippen LogP contribution in [-0.4, -0.2) is 26.3 Å². The summed E-state index contributed by atoms with van der Waals surface area (Å²) in [5, 5.41) is 13.9. The zero-order chi connectivity index (χ0) is 11.5. The van der Waals surface area contributed by atoms with Gasteiger partial charge in [0.25, 0.3) is 0 Å². The molecule has 0 aromatic carbocycles. The van der Waals surface area contributed by atoms with Crippen LogP contribution in [0.2, 0.25) is 0 Å². The molecular formula is C11H18N2O2. The van der Waals surface area contributed by atoms with Gasteiger partial charge in [-0.2, -0.15) is 5.10 Å². The Morgan fingerprint density at radius 3 is 2.80 bits per heavy atom. The van der Waals surface area contributed by atoms with Crippen molar-refractivity contribution in [3.05, 3.63) is 18.0 Å². The van der Waals surface area contributed by atoms with Crippen LogP contribution in [-0.2, 0) is 6.54 Å². The Bertz CT molecular complexity index is 342. The molecule has 0 aliphatic rings. The highest BCUT2D eigenvalue weighted by atomic mass is 16.3. The molecule has 84 valence electrons. The fourth-order valence-corrected chi connectivity index (χ4v) is 1.30. The standard InChI is InChI=1S/C11H18N2O2/c1-4-6-13-8-9(7-12-13)10(14)11(3,15)5-2/h7-8,15H,4-6H2,1-3H3. The Morgan fingerprint density at radius 2 is 2.27 bits per heavy atom. The molecule has 1 heterocycles. The highest BCUT2D eigenvalue weighted by Gasteiger charge is 2.29. The van der Waals surface area contributed by atoms with Crippen molar-refractivity contribution in [2.24, 2.45) is 0 Å². The topological polar surface area (TPSA) is 55.1 Å². The van der Waals surface area contributed by atoms with Crippen LogP contribution in [0.25, 0.3) is 0 Å². The lowest BCUT2D eigenvalue weighted by atomic mass is 9.94. The summed E-state index contributed by atoms with van der Waals surface area (Å²) in [6.07, 6.45) is 4.59. The molecule has 15 heavy (non-hydrogen) atoms. The summed E-state index contributed by atoms with van der Waals surface area (Å²) in [4.78, 5) is 11.8. The number of carbonyl (C=O) groups excluding carboxylic acids is 1. The number of aliphatic hydroxyl groups is 1. The van der Waals surface area contributed by atoms with Gasteiger partial charge in [0.1, 0.15) is 5.60 Å². The molecule has 1 aromatic rings. The van der Waals surface area contributed by atoms with Crippen LogP contribution in [0.4, 0.5) is 0 Å². The summed E-state index contributed by atoms with van der Waals surface area (Å²) in [6.45, 7) is 6.16. The molecular weight excluding hydrogens is 192 g/mol. The van der Waals surface area contributed by atoms with Crippen LogP contribution in [0.5, 0.6) is 0 Å². The van der Waals surface area contributed by atoms with Gasteiger partial charge in [0.2, 0.25) is 0 Å². The summed E-state index contributed by atoms with van der Waals surface area (Å²) < 4.78 is 1.72. The number of Topliss-reactive ketones (excluding diaryl/α,β-unsaturated/α-hetero) is 1. The predicted octanol–water partition coefficient (Wildman–Crippen LogP) is 1.64. The summed E-state index contributed by atoms with van der Waals surface area (Å²) in [6, 6.07) is 0. The van der Waals surface area contributed by atoms with E-state index < -0.39 is 5.60 Å². The van der Waals surface area contributed by atoms with E-state index in [2.05, 4.69) is 5.10 Å². The van der Waals surface area contributed by atoms with E-state index >= 15 is 0 Å². The van der Waals surface area contributed by atoms with E-state index in [1.807, 2.05) is 6.92 Å². The molecule has 1 aromatic heterocycles. The van der Waals surface area contributed by atoms with Crippen molar-refractivity contribution < 1.29 is 9.90 Å². The zero-order valence-corrected chi connectivity index (χ0v) is 9.53. The Morgan fingerprint density at radius 1 is 1.60 bits per heavy atom. The molecule has 0 spiro atoms. The first-order valence-electron chi connectivity index (χ1n) is 5.31. The molecule has 1 unspecified atom stereocenters. The lowest BCUT2D eigenvalue weighted by Crippen LogP contribution is -2.33. The molecule has 0 radical (unpaired) electrons. The smallest absolute Gasteiger partial charge is 0.197 e. The highest BCUT2D eigenvalue weighted by Crippen LogP contribution is 2.16. The van der Waals surface area contributed by atoms with E-state index in [4.69, 9.17) is 0 Å². The molecule has 0 aliphatic carbocycles. The Kier molecular flexibility index (Phi) is 3.63. The number of carbonyl (C=O) groups is 1. The Hall–Kier alpha value is -1.16. The second-order valence-corrected chi connectivity index (χ2v) is 3.95. The first-order chi connectivity index (χ1) is 7.01. The Balaban J connectivity index is 2.83. The van der Waals surface area contributed by atoms with Gasteiger partial charge in [0.15, 0.2) is 5.78 Å². The van der Waals surface area contributed by atoms with Crippen molar-refractivity contribution in [3.8, 4) is 0 Å². The summed E-state index contributed by atoms with van der Waals surface area (Å²) in [7, 11) is 0. The number of rotatable bonds is 5. The van der Waals surface area contributed by atoms with E-state index in [0.29, 0.717) is 12.0 Å². The SMILES string of the molecule is CCCn1cc(C(=O)C(C)(O)CC)cn1. The molecule has 4 heteroatoms. The minimum Gasteiger partial charge on any atom is -0.382 e. The van der Waals surface area contributed by atoms with Gasteiger partial charge in [-0.05, 0) is 19.8 Å². The predicted molar refractivity (Wildman–Crippen MR) is 57.8 cm³/mol. The molecule has 0 saturated heterocycles. The first kappa shape index (κ1) is 11.9. The number of hydrogen-bond acceptors (Lipinski definition) is 3. The average Bonchev–Trinajstić information content (AvgIpc) is 2.66. The van der Waals surface area contributed by atoms with Crippen molar-refractivity contribution in [3.63, 3.8) is 0 Å². The third kappa shape index (κ3) is 2.65. The van der Waals surface area contributed by atoms with Crippen LogP contribution >= 0.6 is 0 Å². The van der Waals surface area contributed by atoms with Gasteiger partial charge in [-0.1, -0.05) is 13.8 Å². The van der Waals surface area contributed by atoms with Gasteiger partial charge in [-0.25, -0.2) is 0 Å². The lowest BCUT2D eigenvalue weighted by Gasteiger charge is -2.18. The van der Waals surface area contributed by atoms with E-state index in [0.717, 1.165) is 13.0 Å². The minimum atomic E-state index is -1.28.